The van der Waals surface area contributed by atoms with Gasteiger partial charge in [0.15, 0.2) is 0 Å². The lowest BCUT2D eigenvalue weighted by atomic mass is 10.2. The molecule has 0 radical (unpaired) electrons. The fraction of sp³-hybridized carbons (Fsp3) is 0.692. The van der Waals surface area contributed by atoms with Crippen LogP contribution in [-0.2, 0) is 9.53 Å². The molecule has 3 rings (SSSR count). The molecule has 0 bridgehead atoms. The Morgan fingerprint density at radius 2 is 2.05 bits per heavy atom. The maximum Gasteiger partial charge on any atom is 0.294 e. The third-order valence-electron chi connectivity index (χ3n) is 3.91. The normalized spacial score (nSPS) is 22.6. The number of carbonyl (C=O) groups is 2. The smallest absolute Gasteiger partial charge is 0.294 e. The zero-order chi connectivity index (χ0) is 14.8. The van der Waals surface area contributed by atoms with Crippen molar-refractivity contribution in [2.24, 2.45) is 0 Å². The second-order valence-electron chi connectivity index (χ2n) is 5.34. The molecule has 1 aromatic rings. The highest BCUT2D eigenvalue weighted by molar-refractivity contribution is 5.95. The van der Waals surface area contributed by atoms with Gasteiger partial charge in [0.25, 0.3) is 5.91 Å². The zero-order valence-electron chi connectivity index (χ0n) is 12.0. The molecule has 2 amide bonds. The lowest BCUT2D eigenvalue weighted by molar-refractivity contribution is -0.139. The largest absolute Gasteiger partial charge is 0.378 e. The Morgan fingerprint density at radius 3 is 2.71 bits per heavy atom. The van der Waals surface area contributed by atoms with Gasteiger partial charge in [-0.3, -0.25) is 14.7 Å². The van der Waals surface area contributed by atoms with Crippen molar-refractivity contribution in [1.29, 1.82) is 0 Å². The van der Waals surface area contributed by atoms with Crippen LogP contribution in [0, 0.1) is 6.92 Å². The monoisotopic (exact) mass is 293 g/mol. The molecule has 1 atom stereocenters. The summed E-state index contributed by atoms with van der Waals surface area (Å²) in [6, 6.07) is -0.394. The van der Waals surface area contributed by atoms with Crippen molar-refractivity contribution in [3.63, 3.8) is 0 Å². The molecule has 8 nitrogen and oxygen atoms in total. The molecule has 21 heavy (non-hydrogen) atoms. The van der Waals surface area contributed by atoms with Crippen LogP contribution >= 0.6 is 0 Å². The van der Waals surface area contributed by atoms with E-state index in [9.17, 15) is 9.59 Å². The number of H-pyrrole nitrogens is 1. The first kappa shape index (κ1) is 14.0. The number of carbonyl (C=O) groups excluding carboxylic acids is 2. The van der Waals surface area contributed by atoms with E-state index in [0.29, 0.717) is 45.1 Å². The Bertz CT molecular complexity index is 538. The summed E-state index contributed by atoms with van der Waals surface area (Å²) in [6.07, 6.45) is 1.53. The summed E-state index contributed by atoms with van der Waals surface area (Å²) in [7, 11) is 0. The van der Waals surface area contributed by atoms with E-state index in [0.717, 1.165) is 6.42 Å². The standard InChI is InChI=1S/C13H19N5O3/c1-9-14-11(16-15-9)13(20)18-4-2-3-10(18)12(19)17-5-7-21-8-6-17/h10H,2-8H2,1H3,(H,14,15,16). The first-order valence-electron chi connectivity index (χ1n) is 7.23. The van der Waals surface area contributed by atoms with Crippen molar-refractivity contribution in [3.05, 3.63) is 11.6 Å². The van der Waals surface area contributed by atoms with E-state index in [1.807, 2.05) is 0 Å². The fourth-order valence-corrected chi connectivity index (χ4v) is 2.83. The topological polar surface area (TPSA) is 91.4 Å². The maximum atomic E-state index is 12.6. The Labute approximate surface area is 122 Å². The number of aryl methyl sites for hydroxylation is 1. The molecular weight excluding hydrogens is 274 g/mol. The van der Waals surface area contributed by atoms with Crippen LogP contribution in [0.5, 0.6) is 0 Å². The van der Waals surface area contributed by atoms with Crippen LogP contribution in [0.15, 0.2) is 0 Å². The van der Waals surface area contributed by atoms with E-state index >= 15 is 0 Å². The van der Waals surface area contributed by atoms with Gasteiger partial charge < -0.3 is 14.5 Å². The fourth-order valence-electron chi connectivity index (χ4n) is 2.83. The first-order chi connectivity index (χ1) is 10.2. The highest BCUT2D eigenvalue weighted by Crippen LogP contribution is 2.21. The summed E-state index contributed by atoms with van der Waals surface area (Å²) in [4.78, 5) is 32.5. The molecule has 2 saturated heterocycles. The Morgan fingerprint density at radius 1 is 1.29 bits per heavy atom. The Balaban J connectivity index is 1.72. The third kappa shape index (κ3) is 2.76. The minimum absolute atomic E-state index is 0.0106. The van der Waals surface area contributed by atoms with Crippen molar-refractivity contribution in [3.8, 4) is 0 Å². The molecule has 8 heteroatoms. The summed E-state index contributed by atoms with van der Waals surface area (Å²) in [5, 5.41) is 6.55. The van der Waals surface area contributed by atoms with E-state index < -0.39 is 6.04 Å². The van der Waals surface area contributed by atoms with E-state index in [4.69, 9.17) is 4.74 Å². The van der Waals surface area contributed by atoms with Gasteiger partial charge >= 0.3 is 0 Å². The molecule has 1 unspecified atom stereocenters. The van der Waals surface area contributed by atoms with E-state index in [1.165, 1.54) is 0 Å². The average molecular weight is 293 g/mol. The van der Waals surface area contributed by atoms with Crippen molar-refractivity contribution >= 4 is 11.8 Å². The van der Waals surface area contributed by atoms with Crippen LogP contribution in [0.4, 0.5) is 0 Å². The summed E-state index contributed by atoms with van der Waals surface area (Å²) in [5.41, 5.74) is 0. The van der Waals surface area contributed by atoms with Crippen molar-refractivity contribution in [2.75, 3.05) is 32.8 Å². The SMILES string of the molecule is Cc1nc(C(=O)N2CCCC2C(=O)N2CCOCC2)n[nH]1. The number of likely N-dealkylation sites (tertiary alicyclic amines) is 1. The van der Waals surface area contributed by atoms with Crippen LogP contribution < -0.4 is 0 Å². The molecule has 114 valence electrons. The summed E-state index contributed by atoms with van der Waals surface area (Å²) >= 11 is 0. The average Bonchev–Trinajstić information content (AvgIpc) is 3.15. The molecule has 2 aliphatic rings. The van der Waals surface area contributed by atoms with Gasteiger partial charge in [-0.1, -0.05) is 0 Å². The molecule has 0 aromatic carbocycles. The minimum Gasteiger partial charge on any atom is -0.378 e. The van der Waals surface area contributed by atoms with Gasteiger partial charge in [0.1, 0.15) is 11.9 Å². The van der Waals surface area contributed by atoms with Gasteiger partial charge in [-0.15, -0.1) is 5.10 Å². The Kier molecular flexibility index (Phi) is 3.87. The highest BCUT2D eigenvalue weighted by atomic mass is 16.5. The number of amides is 2. The van der Waals surface area contributed by atoms with Gasteiger partial charge in [-0.05, 0) is 19.8 Å². The summed E-state index contributed by atoms with van der Waals surface area (Å²) < 4.78 is 5.26. The zero-order valence-corrected chi connectivity index (χ0v) is 12.0. The van der Waals surface area contributed by atoms with E-state index in [-0.39, 0.29) is 17.6 Å². The van der Waals surface area contributed by atoms with Crippen LogP contribution in [0.3, 0.4) is 0 Å². The first-order valence-corrected chi connectivity index (χ1v) is 7.23. The van der Waals surface area contributed by atoms with Gasteiger partial charge in [-0.25, -0.2) is 4.98 Å². The number of rotatable bonds is 2. The number of aromatic nitrogens is 3. The molecule has 3 heterocycles. The van der Waals surface area contributed by atoms with Gasteiger partial charge in [0.2, 0.25) is 11.7 Å². The maximum absolute atomic E-state index is 12.6. The summed E-state index contributed by atoms with van der Waals surface area (Å²) in [6.45, 7) is 4.63. The third-order valence-corrected chi connectivity index (χ3v) is 3.91. The Hall–Kier alpha value is -1.96. The van der Waals surface area contributed by atoms with Gasteiger partial charge in [0, 0.05) is 19.6 Å². The van der Waals surface area contributed by atoms with Crippen LogP contribution in [-0.4, -0.2) is 75.7 Å². The van der Waals surface area contributed by atoms with E-state index in [2.05, 4.69) is 15.2 Å². The van der Waals surface area contributed by atoms with Gasteiger partial charge in [0.05, 0.1) is 13.2 Å². The van der Waals surface area contributed by atoms with Crippen molar-refractivity contribution in [1.82, 2.24) is 25.0 Å². The molecule has 2 aliphatic heterocycles. The number of nitrogens with one attached hydrogen (secondary N) is 1. The number of hydrogen-bond donors (Lipinski definition) is 1. The van der Waals surface area contributed by atoms with Crippen molar-refractivity contribution in [2.45, 2.75) is 25.8 Å². The lowest BCUT2D eigenvalue weighted by Gasteiger charge is -2.32. The van der Waals surface area contributed by atoms with Gasteiger partial charge in [-0.2, -0.15) is 0 Å². The summed E-state index contributed by atoms with van der Waals surface area (Å²) in [5.74, 6) is 0.461. The predicted molar refractivity (Wildman–Crippen MR) is 72.6 cm³/mol. The minimum atomic E-state index is -0.394. The number of aromatic amines is 1. The number of ether oxygens (including phenoxy) is 1. The molecular formula is C13H19N5O3. The van der Waals surface area contributed by atoms with Crippen LogP contribution in [0.2, 0.25) is 0 Å². The van der Waals surface area contributed by atoms with Crippen LogP contribution in [0.1, 0.15) is 29.3 Å². The molecule has 0 spiro atoms. The molecule has 0 aliphatic carbocycles. The number of morpholine rings is 1. The lowest BCUT2D eigenvalue weighted by Crippen LogP contribution is -2.51. The molecule has 0 saturated carbocycles. The predicted octanol–water partition coefficient (Wildman–Crippen LogP) is -0.423. The second-order valence-corrected chi connectivity index (χ2v) is 5.34. The molecule has 1 N–H and O–H groups in total. The second kappa shape index (κ2) is 5.80. The molecule has 1 aromatic heterocycles. The highest BCUT2D eigenvalue weighted by Gasteiger charge is 2.38. The van der Waals surface area contributed by atoms with Crippen molar-refractivity contribution < 1.29 is 14.3 Å². The quantitative estimate of drug-likeness (QED) is 0.799. The number of nitrogens with zero attached hydrogens (tertiary/aromatic N) is 4. The van der Waals surface area contributed by atoms with Crippen LogP contribution in [0.25, 0.3) is 0 Å². The number of hydrogen-bond acceptors (Lipinski definition) is 5. The van der Waals surface area contributed by atoms with E-state index in [1.54, 1.807) is 16.7 Å². The molecule has 2 fully saturated rings.